The molecular formula is C27H46O6. The van der Waals surface area contributed by atoms with Gasteiger partial charge in [-0.15, -0.1) is 0 Å². The second-order valence-electron chi connectivity index (χ2n) is 12.8. The van der Waals surface area contributed by atoms with Crippen LogP contribution in [0.15, 0.2) is 12.2 Å². The van der Waals surface area contributed by atoms with E-state index in [1.165, 1.54) is 0 Å². The zero-order valence-corrected chi connectivity index (χ0v) is 20.8. The van der Waals surface area contributed by atoms with Crippen LogP contribution in [0.1, 0.15) is 72.6 Å². The highest BCUT2D eigenvalue weighted by atomic mass is 16.3. The van der Waals surface area contributed by atoms with Gasteiger partial charge in [0.2, 0.25) is 0 Å². The number of rotatable bonds is 5. The normalized spacial score (nSPS) is 52.6. The van der Waals surface area contributed by atoms with Crippen molar-refractivity contribution < 1.29 is 30.6 Å². The van der Waals surface area contributed by atoms with Crippen molar-refractivity contribution in [2.75, 3.05) is 6.61 Å². The molecule has 4 aliphatic rings. The summed E-state index contributed by atoms with van der Waals surface area (Å²) in [7, 11) is 0. The maximum atomic E-state index is 11.5. The smallest absolute Gasteiger partial charge is 0.0866 e. The fraction of sp³-hybridized carbons (Fsp3) is 0.926. The lowest BCUT2D eigenvalue weighted by atomic mass is 9.43. The zero-order chi connectivity index (χ0) is 24.3. The van der Waals surface area contributed by atoms with Crippen LogP contribution in [0.4, 0.5) is 0 Å². The summed E-state index contributed by atoms with van der Waals surface area (Å²) in [6.07, 6.45) is 6.05. The minimum atomic E-state index is -1.29. The van der Waals surface area contributed by atoms with E-state index in [-0.39, 0.29) is 41.8 Å². The second-order valence-corrected chi connectivity index (χ2v) is 12.8. The highest BCUT2D eigenvalue weighted by Gasteiger charge is 2.68. The van der Waals surface area contributed by atoms with Crippen LogP contribution in [0, 0.1) is 46.3 Å². The Bertz CT molecular complexity index is 738. The van der Waals surface area contributed by atoms with E-state index in [4.69, 9.17) is 0 Å². The summed E-state index contributed by atoms with van der Waals surface area (Å²) in [5.74, 6) is -0.108. The second kappa shape index (κ2) is 8.86. The molecule has 0 heterocycles. The number of allylic oxidation sites excluding steroid dienone is 1. The fourth-order valence-corrected chi connectivity index (χ4v) is 9.10. The molecule has 0 radical (unpaired) electrons. The van der Waals surface area contributed by atoms with Gasteiger partial charge in [-0.3, -0.25) is 0 Å². The highest BCUT2D eigenvalue weighted by molar-refractivity contribution is 5.20. The van der Waals surface area contributed by atoms with Gasteiger partial charge in [0.25, 0.3) is 0 Å². The number of aliphatic hydroxyl groups excluding tert-OH is 5. The topological polar surface area (TPSA) is 121 Å². The quantitative estimate of drug-likeness (QED) is 0.346. The van der Waals surface area contributed by atoms with Gasteiger partial charge in [-0.1, -0.05) is 32.9 Å². The van der Waals surface area contributed by atoms with Crippen LogP contribution >= 0.6 is 0 Å². The molecule has 0 aromatic heterocycles. The summed E-state index contributed by atoms with van der Waals surface area (Å²) >= 11 is 0. The minimum absolute atomic E-state index is 0.0747. The van der Waals surface area contributed by atoms with Crippen molar-refractivity contribution in [1.82, 2.24) is 0 Å². The zero-order valence-electron chi connectivity index (χ0n) is 20.8. The molecule has 4 fully saturated rings. The van der Waals surface area contributed by atoms with Crippen molar-refractivity contribution in [3.63, 3.8) is 0 Å². The Morgan fingerprint density at radius 2 is 1.64 bits per heavy atom. The van der Waals surface area contributed by atoms with Crippen LogP contribution < -0.4 is 0 Å². The Balaban J connectivity index is 1.63. The van der Waals surface area contributed by atoms with Gasteiger partial charge in [0, 0.05) is 12.5 Å². The van der Waals surface area contributed by atoms with Crippen LogP contribution in [0.25, 0.3) is 0 Å². The average molecular weight is 467 g/mol. The van der Waals surface area contributed by atoms with Crippen molar-refractivity contribution in [2.24, 2.45) is 46.3 Å². The molecule has 0 unspecified atom stereocenters. The van der Waals surface area contributed by atoms with E-state index in [9.17, 15) is 30.6 Å². The summed E-state index contributed by atoms with van der Waals surface area (Å²) < 4.78 is 0. The van der Waals surface area contributed by atoms with Gasteiger partial charge in [-0.2, -0.15) is 0 Å². The van der Waals surface area contributed by atoms with Gasteiger partial charge in [0.05, 0.1) is 30.0 Å². The molecule has 33 heavy (non-hydrogen) atoms. The van der Waals surface area contributed by atoms with Gasteiger partial charge >= 0.3 is 0 Å². The van der Waals surface area contributed by atoms with E-state index in [0.29, 0.717) is 25.2 Å². The predicted octanol–water partition coefficient (Wildman–Crippen LogP) is 2.24. The van der Waals surface area contributed by atoms with Crippen LogP contribution in [0.5, 0.6) is 0 Å². The van der Waals surface area contributed by atoms with E-state index in [1.54, 1.807) is 13.0 Å². The Labute approximate surface area is 198 Å². The van der Waals surface area contributed by atoms with E-state index < -0.39 is 35.2 Å². The molecule has 0 aliphatic heterocycles. The molecule has 4 saturated carbocycles. The number of hydrogen-bond acceptors (Lipinski definition) is 6. The van der Waals surface area contributed by atoms with Crippen LogP contribution in [-0.4, -0.2) is 67.3 Å². The third kappa shape index (κ3) is 4.03. The van der Waals surface area contributed by atoms with Gasteiger partial charge < -0.3 is 30.6 Å². The van der Waals surface area contributed by atoms with Gasteiger partial charge in [0.15, 0.2) is 0 Å². The summed E-state index contributed by atoms with van der Waals surface area (Å²) in [5.41, 5.74) is -1.82. The number of aliphatic hydroxyl groups is 6. The van der Waals surface area contributed by atoms with Crippen molar-refractivity contribution >= 4 is 0 Å². The van der Waals surface area contributed by atoms with E-state index in [1.807, 2.05) is 13.0 Å². The molecule has 0 spiro atoms. The summed E-state index contributed by atoms with van der Waals surface area (Å²) in [6, 6.07) is 0. The molecule has 4 rings (SSSR count). The van der Waals surface area contributed by atoms with Gasteiger partial charge in [-0.25, -0.2) is 0 Å². The first kappa shape index (κ1) is 25.6. The lowest BCUT2D eigenvalue weighted by molar-refractivity contribution is -0.184. The van der Waals surface area contributed by atoms with Gasteiger partial charge in [-0.05, 0) is 92.3 Å². The molecule has 6 N–H and O–H groups in total. The molecule has 190 valence electrons. The highest BCUT2D eigenvalue weighted by Crippen LogP contribution is 2.68. The molecule has 0 saturated heterocycles. The number of fused-ring (bicyclic) bond motifs is 5. The molecule has 0 aromatic rings. The van der Waals surface area contributed by atoms with Crippen LogP contribution in [-0.2, 0) is 0 Å². The molecule has 0 bridgehead atoms. The monoisotopic (exact) mass is 466 g/mol. The largest absolute Gasteiger partial charge is 0.396 e. The Kier molecular flexibility index (Phi) is 6.87. The summed E-state index contributed by atoms with van der Waals surface area (Å²) in [5, 5.41) is 64.8. The third-order valence-corrected chi connectivity index (χ3v) is 10.7. The third-order valence-electron chi connectivity index (χ3n) is 10.7. The van der Waals surface area contributed by atoms with Crippen molar-refractivity contribution in [2.45, 2.75) is 103 Å². The van der Waals surface area contributed by atoms with Crippen LogP contribution in [0.2, 0.25) is 0 Å². The molecule has 0 aromatic carbocycles. The Morgan fingerprint density at radius 3 is 2.30 bits per heavy atom. The molecule has 6 heteroatoms. The lowest BCUT2D eigenvalue weighted by Crippen LogP contribution is -2.59. The maximum absolute atomic E-state index is 11.5. The molecule has 6 nitrogen and oxygen atoms in total. The maximum Gasteiger partial charge on any atom is 0.0866 e. The first-order valence-electron chi connectivity index (χ1n) is 13.1. The first-order chi connectivity index (χ1) is 15.4. The van der Waals surface area contributed by atoms with E-state index in [0.717, 1.165) is 25.7 Å². The Hall–Kier alpha value is -0.500. The minimum Gasteiger partial charge on any atom is -0.396 e. The standard InChI is InChI=1S/C27H46O6/c1-15(14-28)6-5-9-27(4,33)24-23(32)22(31)21-17-13-20(30)19-12-16(29)7-10-25(19,2)18(17)8-11-26(21,24)3/h5,9,15-24,28-33H,6-8,10-14H2,1-4H3/b9-5+/t15-,16-,17+,18-,19+,20+,21+,22+,23-,24-,25+,26-,27-/m0/s1. The Morgan fingerprint density at radius 1 is 0.970 bits per heavy atom. The lowest BCUT2D eigenvalue weighted by Gasteiger charge is -2.62. The van der Waals surface area contributed by atoms with Crippen molar-refractivity contribution in [3.8, 4) is 0 Å². The molecular weight excluding hydrogens is 420 g/mol. The fourth-order valence-electron chi connectivity index (χ4n) is 9.10. The van der Waals surface area contributed by atoms with Gasteiger partial charge in [0.1, 0.15) is 0 Å². The summed E-state index contributed by atoms with van der Waals surface area (Å²) in [4.78, 5) is 0. The summed E-state index contributed by atoms with van der Waals surface area (Å²) in [6.45, 7) is 8.13. The van der Waals surface area contributed by atoms with E-state index >= 15 is 0 Å². The molecule has 4 aliphatic carbocycles. The SMILES string of the molecule is C[C@H](CO)C/C=C/[C@](C)(O)[C@H]1[C@@H](O)[C@H](O)[C@H]2[C@@H]3C[C@@H](O)[C@H]4C[C@@H](O)CC[C@]4(C)[C@H]3CC[C@@]21C. The molecule has 13 atom stereocenters. The van der Waals surface area contributed by atoms with Crippen LogP contribution in [0.3, 0.4) is 0 Å². The molecule has 0 amide bonds. The van der Waals surface area contributed by atoms with E-state index in [2.05, 4.69) is 13.8 Å². The average Bonchev–Trinajstić information content (AvgIpc) is 2.95. The van der Waals surface area contributed by atoms with Crippen molar-refractivity contribution in [1.29, 1.82) is 0 Å². The predicted molar refractivity (Wildman–Crippen MR) is 126 cm³/mol. The number of hydrogen-bond donors (Lipinski definition) is 6. The van der Waals surface area contributed by atoms with Crippen molar-refractivity contribution in [3.05, 3.63) is 12.2 Å². The first-order valence-corrected chi connectivity index (χ1v) is 13.1.